The monoisotopic (exact) mass is 245 g/mol. The van der Waals surface area contributed by atoms with E-state index in [2.05, 4.69) is 18.3 Å². The molecule has 1 aromatic heterocycles. The fourth-order valence-corrected chi connectivity index (χ4v) is 1.88. The van der Waals surface area contributed by atoms with Gasteiger partial charge in [-0.2, -0.15) is 0 Å². The van der Waals surface area contributed by atoms with Crippen LogP contribution in [-0.4, -0.2) is 7.11 Å². The molecule has 0 saturated heterocycles. The summed E-state index contributed by atoms with van der Waals surface area (Å²) in [4.78, 5) is 0. The summed E-state index contributed by atoms with van der Waals surface area (Å²) in [5.41, 5.74) is 2.19. The van der Waals surface area contributed by atoms with E-state index in [0.717, 1.165) is 34.9 Å². The number of furan rings is 1. The molecule has 18 heavy (non-hydrogen) atoms. The minimum atomic E-state index is 0.700. The third-order valence-electron chi connectivity index (χ3n) is 2.93. The first-order chi connectivity index (χ1) is 8.72. The third kappa shape index (κ3) is 2.86. The van der Waals surface area contributed by atoms with Crippen LogP contribution in [-0.2, 0) is 13.0 Å². The summed E-state index contributed by atoms with van der Waals surface area (Å²) >= 11 is 0. The highest BCUT2D eigenvalue weighted by Gasteiger charge is 2.02. The van der Waals surface area contributed by atoms with Crippen molar-refractivity contribution in [2.24, 2.45) is 0 Å². The molecule has 0 aliphatic carbocycles. The molecule has 0 spiro atoms. The molecule has 0 bridgehead atoms. The average molecular weight is 245 g/mol. The van der Waals surface area contributed by atoms with Crippen LogP contribution in [0.25, 0.3) is 0 Å². The van der Waals surface area contributed by atoms with Crippen LogP contribution in [0.1, 0.15) is 24.0 Å². The Hall–Kier alpha value is -1.90. The van der Waals surface area contributed by atoms with Crippen LogP contribution in [0, 0.1) is 6.92 Å². The van der Waals surface area contributed by atoms with Crippen molar-refractivity contribution >= 4 is 5.69 Å². The van der Waals surface area contributed by atoms with E-state index in [1.165, 1.54) is 0 Å². The molecular weight excluding hydrogens is 226 g/mol. The van der Waals surface area contributed by atoms with Gasteiger partial charge in [0.05, 0.1) is 13.7 Å². The molecule has 0 radical (unpaired) electrons. The molecule has 0 saturated carbocycles. The second kappa shape index (κ2) is 5.63. The molecular formula is C15H19NO2. The summed E-state index contributed by atoms with van der Waals surface area (Å²) in [6.45, 7) is 4.82. The third-order valence-corrected chi connectivity index (χ3v) is 2.93. The van der Waals surface area contributed by atoms with E-state index in [0.29, 0.717) is 6.54 Å². The zero-order chi connectivity index (χ0) is 13.0. The number of anilines is 1. The standard InChI is InChI=1S/C15H19NO2/c1-4-13-6-7-14(18-13)10-16-12-5-8-15(17-3)11(2)9-12/h5-9,16H,4,10H2,1-3H3. The predicted octanol–water partition coefficient (Wildman–Crippen LogP) is 3.77. The van der Waals surface area contributed by atoms with Crippen molar-refractivity contribution < 1.29 is 9.15 Å². The Labute approximate surface area is 108 Å². The van der Waals surface area contributed by atoms with Gasteiger partial charge in [-0.1, -0.05) is 6.92 Å². The second-order valence-corrected chi connectivity index (χ2v) is 4.26. The number of hydrogen-bond acceptors (Lipinski definition) is 3. The topological polar surface area (TPSA) is 34.4 Å². The first-order valence-electron chi connectivity index (χ1n) is 6.19. The normalized spacial score (nSPS) is 10.4. The fourth-order valence-electron chi connectivity index (χ4n) is 1.88. The van der Waals surface area contributed by atoms with Gasteiger partial charge in [0.2, 0.25) is 0 Å². The molecule has 1 heterocycles. The smallest absolute Gasteiger partial charge is 0.123 e. The molecule has 0 amide bonds. The molecule has 0 fully saturated rings. The Morgan fingerprint density at radius 3 is 2.56 bits per heavy atom. The number of aryl methyl sites for hydroxylation is 2. The lowest BCUT2D eigenvalue weighted by molar-refractivity contribution is 0.412. The highest BCUT2D eigenvalue weighted by Crippen LogP contribution is 2.22. The number of hydrogen-bond donors (Lipinski definition) is 1. The Morgan fingerprint density at radius 1 is 1.17 bits per heavy atom. The van der Waals surface area contributed by atoms with Crippen molar-refractivity contribution in [1.82, 2.24) is 0 Å². The lowest BCUT2D eigenvalue weighted by Crippen LogP contribution is -1.98. The molecule has 0 atom stereocenters. The van der Waals surface area contributed by atoms with Gasteiger partial charge in [0.15, 0.2) is 0 Å². The largest absolute Gasteiger partial charge is 0.496 e. The summed E-state index contributed by atoms with van der Waals surface area (Å²) in [7, 11) is 1.69. The van der Waals surface area contributed by atoms with Crippen molar-refractivity contribution in [3.8, 4) is 5.75 Å². The Bertz CT molecular complexity index is 517. The number of methoxy groups -OCH3 is 1. The number of benzene rings is 1. The zero-order valence-electron chi connectivity index (χ0n) is 11.1. The van der Waals surface area contributed by atoms with Gasteiger partial charge in [0.25, 0.3) is 0 Å². The van der Waals surface area contributed by atoms with Crippen LogP contribution in [0.15, 0.2) is 34.7 Å². The quantitative estimate of drug-likeness (QED) is 0.870. The van der Waals surface area contributed by atoms with Crippen LogP contribution < -0.4 is 10.1 Å². The minimum absolute atomic E-state index is 0.700. The molecule has 2 rings (SSSR count). The minimum Gasteiger partial charge on any atom is -0.496 e. The first kappa shape index (κ1) is 12.6. The van der Waals surface area contributed by atoms with Gasteiger partial charge in [-0.15, -0.1) is 0 Å². The van der Waals surface area contributed by atoms with Gasteiger partial charge in [-0.3, -0.25) is 0 Å². The van der Waals surface area contributed by atoms with Gasteiger partial charge >= 0.3 is 0 Å². The molecule has 0 unspecified atom stereocenters. The van der Waals surface area contributed by atoms with E-state index in [4.69, 9.17) is 9.15 Å². The van der Waals surface area contributed by atoms with Gasteiger partial charge in [0, 0.05) is 12.1 Å². The maximum absolute atomic E-state index is 5.64. The zero-order valence-corrected chi connectivity index (χ0v) is 11.1. The molecule has 1 N–H and O–H groups in total. The van der Waals surface area contributed by atoms with Crippen molar-refractivity contribution in [3.63, 3.8) is 0 Å². The Morgan fingerprint density at radius 2 is 1.94 bits per heavy atom. The summed E-state index contributed by atoms with van der Waals surface area (Å²) in [6, 6.07) is 10.1. The van der Waals surface area contributed by atoms with Crippen LogP contribution in [0.3, 0.4) is 0 Å². The van der Waals surface area contributed by atoms with Crippen molar-refractivity contribution in [2.75, 3.05) is 12.4 Å². The summed E-state index contributed by atoms with van der Waals surface area (Å²) < 4.78 is 10.9. The van der Waals surface area contributed by atoms with Crippen molar-refractivity contribution in [1.29, 1.82) is 0 Å². The highest BCUT2D eigenvalue weighted by atomic mass is 16.5. The van der Waals surface area contributed by atoms with E-state index in [-0.39, 0.29) is 0 Å². The van der Waals surface area contributed by atoms with E-state index in [9.17, 15) is 0 Å². The van der Waals surface area contributed by atoms with Crippen molar-refractivity contribution in [2.45, 2.75) is 26.8 Å². The summed E-state index contributed by atoms with van der Waals surface area (Å²) in [6.07, 6.45) is 0.932. The molecule has 96 valence electrons. The molecule has 3 heteroatoms. The lowest BCUT2D eigenvalue weighted by Gasteiger charge is -2.08. The fraction of sp³-hybridized carbons (Fsp3) is 0.333. The Balaban J connectivity index is 1.99. The molecule has 3 nitrogen and oxygen atoms in total. The average Bonchev–Trinajstić information content (AvgIpc) is 2.84. The maximum atomic E-state index is 5.64. The highest BCUT2D eigenvalue weighted by molar-refractivity contribution is 5.50. The number of nitrogens with one attached hydrogen (secondary N) is 1. The van der Waals surface area contributed by atoms with Crippen molar-refractivity contribution in [3.05, 3.63) is 47.4 Å². The molecule has 0 aliphatic heterocycles. The van der Waals surface area contributed by atoms with Gasteiger partial charge in [-0.25, -0.2) is 0 Å². The molecule has 1 aromatic carbocycles. The van der Waals surface area contributed by atoms with E-state index in [1.54, 1.807) is 7.11 Å². The predicted molar refractivity (Wildman–Crippen MR) is 73.1 cm³/mol. The number of ether oxygens (including phenoxy) is 1. The molecule has 2 aromatic rings. The lowest BCUT2D eigenvalue weighted by atomic mass is 10.2. The van der Waals surface area contributed by atoms with E-state index < -0.39 is 0 Å². The van der Waals surface area contributed by atoms with Gasteiger partial charge in [0.1, 0.15) is 17.3 Å². The first-order valence-corrected chi connectivity index (χ1v) is 6.19. The van der Waals surface area contributed by atoms with Gasteiger partial charge < -0.3 is 14.5 Å². The maximum Gasteiger partial charge on any atom is 0.123 e. The van der Waals surface area contributed by atoms with Crippen LogP contribution in [0.2, 0.25) is 0 Å². The summed E-state index contributed by atoms with van der Waals surface area (Å²) in [5.74, 6) is 2.89. The summed E-state index contributed by atoms with van der Waals surface area (Å²) in [5, 5.41) is 3.34. The van der Waals surface area contributed by atoms with E-state index >= 15 is 0 Å². The van der Waals surface area contributed by atoms with Crippen LogP contribution >= 0.6 is 0 Å². The van der Waals surface area contributed by atoms with E-state index in [1.807, 2.05) is 31.2 Å². The molecule has 0 aliphatic rings. The SMILES string of the molecule is CCc1ccc(CNc2ccc(OC)c(C)c2)o1. The number of rotatable bonds is 5. The van der Waals surface area contributed by atoms with Gasteiger partial charge in [-0.05, 0) is 42.8 Å². The Kier molecular flexibility index (Phi) is 3.92. The second-order valence-electron chi connectivity index (χ2n) is 4.26. The van der Waals surface area contributed by atoms with Crippen LogP contribution in [0.4, 0.5) is 5.69 Å². The van der Waals surface area contributed by atoms with Crippen LogP contribution in [0.5, 0.6) is 5.75 Å².